The van der Waals surface area contributed by atoms with Crippen LogP contribution in [0.3, 0.4) is 0 Å². The summed E-state index contributed by atoms with van der Waals surface area (Å²) >= 11 is 0. The highest BCUT2D eigenvalue weighted by Crippen LogP contribution is 2.17. The van der Waals surface area contributed by atoms with Crippen LogP contribution in [0.25, 0.3) is 0 Å². The molecule has 0 radical (unpaired) electrons. The molecule has 0 aliphatic carbocycles. The van der Waals surface area contributed by atoms with Gasteiger partial charge in [-0.15, -0.1) is 22.0 Å². The van der Waals surface area contributed by atoms with Crippen LogP contribution in [-0.2, 0) is 9.53 Å². The van der Waals surface area contributed by atoms with Gasteiger partial charge in [-0.3, -0.25) is 4.79 Å². The molecule has 0 N–H and O–H groups in total. The van der Waals surface area contributed by atoms with Gasteiger partial charge >= 0.3 is 5.97 Å². The lowest BCUT2D eigenvalue weighted by atomic mass is 10.00. The number of nitrogens with zero attached hydrogens (tertiary/aromatic N) is 1. The lowest BCUT2D eigenvalue weighted by Crippen LogP contribution is -2.34. The topological polar surface area (TPSA) is 29.5 Å². The van der Waals surface area contributed by atoms with E-state index in [1.165, 1.54) is 7.11 Å². The van der Waals surface area contributed by atoms with E-state index in [1.54, 1.807) is 0 Å². The Morgan fingerprint density at radius 1 is 1.67 bits per heavy atom. The average molecular weight is 198 g/mol. The van der Waals surface area contributed by atoms with Crippen LogP contribution in [0.5, 0.6) is 0 Å². The first-order valence-electron chi connectivity index (χ1n) is 3.72. The van der Waals surface area contributed by atoms with Gasteiger partial charge in [0.15, 0.2) is 0 Å². The molecule has 0 bridgehead atoms. The molecule has 0 aromatic rings. The van der Waals surface area contributed by atoms with Crippen LogP contribution >= 0.6 is 12.4 Å². The van der Waals surface area contributed by atoms with Gasteiger partial charge in [0.05, 0.1) is 13.0 Å². The van der Waals surface area contributed by atoms with E-state index >= 15 is 0 Å². The largest absolute Gasteiger partial charge is 0.469 e. The number of esters is 1. The van der Waals surface area contributed by atoms with Crippen molar-refractivity contribution in [1.82, 2.24) is 5.12 Å². The molecule has 3 nitrogen and oxygen atoms in total. The van der Waals surface area contributed by atoms with E-state index < -0.39 is 0 Å². The Morgan fingerprint density at radius 2 is 2.33 bits per heavy atom. The summed E-state index contributed by atoms with van der Waals surface area (Å²) < 4.78 is 17.1. The summed E-state index contributed by atoms with van der Waals surface area (Å²) in [5, 5.41) is 0.672. The van der Waals surface area contributed by atoms with Gasteiger partial charge in [-0.25, -0.2) is 0 Å². The standard InChI is InChI=1S/C7H12FNO2.ClH/c1-11-7(10)6-3-2-4-9(8)5-6;/h6H,2-5H2,1H3;1H. The van der Waals surface area contributed by atoms with Crippen molar-refractivity contribution in [1.29, 1.82) is 0 Å². The third kappa shape index (κ3) is 2.95. The predicted octanol–water partition coefficient (Wildman–Crippen LogP) is 1.18. The molecule has 12 heavy (non-hydrogen) atoms. The number of piperidine rings is 1. The summed E-state index contributed by atoms with van der Waals surface area (Å²) in [5.74, 6) is -0.564. The summed E-state index contributed by atoms with van der Waals surface area (Å²) in [4.78, 5) is 10.9. The molecule has 5 heteroatoms. The zero-order valence-electron chi connectivity index (χ0n) is 6.96. The second kappa shape index (κ2) is 5.32. The molecule has 1 aliphatic heterocycles. The molecule has 0 aromatic carbocycles. The summed E-state index contributed by atoms with van der Waals surface area (Å²) in [7, 11) is 1.33. The fourth-order valence-electron chi connectivity index (χ4n) is 1.29. The number of methoxy groups -OCH3 is 1. The molecule has 1 heterocycles. The lowest BCUT2D eigenvalue weighted by molar-refractivity contribution is -0.150. The second-order valence-corrected chi connectivity index (χ2v) is 2.73. The van der Waals surface area contributed by atoms with Crippen LogP contribution in [0.2, 0.25) is 0 Å². The maximum atomic E-state index is 12.6. The number of carbonyl (C=O) groups is 1. The Balaban J connectivity index is 0.00000121. The number of halogens is 2. The zero-order chi connectivity index (χ0) is 8.27. The molecule has 1 unspecified atom stereocenters. The first kappa shape index (κ1) is 11.6. The number of rotatable bonds is 1. The minimum atomic E-state index is -0.299. The van der Waals surface area contributed by atoms with E-state index in [1.807, 2.05) is 0 Å². The van der Waals surface area contributed by atoms with Crippen molar-refractivity contribution in [2.75, 3.05) is 20.2 Å². The van der Waals surface area contributed by atoms with E-state index in [-0.39, 0.29) is 30.8 Å². The van der Waals surface area contributed by atoms with Gasteiger partial charge in [0.1, 0.15) is 0 Å². The summed E-state index contributed by atoms with van der Waals surface area (Å²) in [5.41, 5.74) is 0. The van der Waals surface area contributed by atoms with Gasteiger partial charge < -0.3 is 4.74 Å². The quantitative estimate of drug-likeness (QED) is 0.467. The molecule has 1 atom stereocenters. The smallest absolute Gasteiger partial charge is 0.310 e. The number of ether oxygens (including phenoxy) is 1. The highest BCUT2D eigenvalue weighted by Gasteiger charge is 2.26. The normalized spacial score (nSPS) is 24.3. The average Bonchev–Trinajstić information content (AvgIpc) is 2.03. The SMILES string of the molecule is COC(=O)C1CCCN(F)C1.Cl. The maximum absolute atomic E-state index is 12.6. The van der Waals surface area contributed by atoms with Gasteiger partial charge in [-0.2, -0.15) is 0 Å². The molecule has 0 amide bonds. The Hall–Kier alpha value is -0.350. The van der Waals surface area contributed by atoms with E-state index in [0.717, 1.165) is 12.8 Å². The van der Waals surface area contributed by atoms with Crippen molar-refractivity contribution in [2.45, 2.75) is 12.8 Å². The Labute approximate surface area is 77.2 Å². The summed E-state index contributed by atoms with van der Waals surface area (Å²) in [6.45, 7) is 0.625. The molecule has 0 spiro atoms. The van der Waals surface area contributed by atoms with Crippen LogP contribution in [-0.4, -0.2) is 31.3 Å². The molecular weight excluding hydrogens is 185 g/mol. The summed E-state index contributed by atoms with van der Waals surface area (Å²) in [6, 6.07) is 0. The van der Waals surface area contributed by atoms with Crippen molar-refractivity contribution >= 4 is 18.4 Å². The van der Waals surface area contributed by atoms with Crippen molar-refractivity contribution < 1.29 is 14.0 Å². The van der Waals surface area contributed by atoms with E-state index in [4.69, 9.17) is 0 Å². The number of hydrogen-bond acceptors (Lipinski definition) is 3. The highest BCUT2D eigenvalue weighted by molar-refractivity contribution is 5.85. The van der Waals surface area contributed by atoms with Crippen molar-refractivity contribution in [3.8, 4) is 0 Å². The van der Waals surface area contributed by atoms with Gasteiger partial charge in [-0.1, -0.05) is 0 Å². The maximum Gasteiger partial charge on any atom is 0.310 e. The Morgan fingerprint density at radius 3 is 2.83 bits per heavy atom. The van der Waals surface area contributed by atoms with Crippen LogP contribution in [0.15, 0.2) is 0 Å². The molecular formula is C7H13ClFNO2. The van der Waals surface area contributed by atoms with Crippen molar-refractivity contribution in [3.63, 3.8) is 0 Å². The molecule has 1 rings (SSSR count). The first-order chi connectivity index (χ1) is 5.24. The Kier molecular flexibility index (Phi) is 5.17. The van der Waals surface area contributed by atoms with Crippen LogP contribution in [0.1, 0.15) is 12.8 Å². The van der Waals surface area contributed by atoms with Gasteiger partial charge in [0.2, 0.25) is 0 Å². The molecule has 0 saturated carbocycles. The predicted molar refractivity (Wildman–Crippen MR) is 44.7 cm³/mol. The number of carbonyl (C=O) groups excluding carboxylic acids is 1. The second-order valence-electron chi connectivity index (χ2n) is 2.73. The molecule has 0 aromatic heterocycles. The monoisotopic (exact) mass is 197 g/mol. The van der Waals surface area contributed by atoms with E-state index in [9.17, 15) is 9.28 Å². The van der Waals surface area contributed by atoms with E-state index in [0.29, 0.717) is 11.7 Å². The lowest BCUT2D eigenvalue weighted by Gasteiger charge is -2.23. The van der Waals surface area contributed by atoms with Gasteiger partial charge in [0.25, 0.3) is 0 Å². The minimum absolute atomic E-state index is 0. The molecule has 1 saturated heterocycles. The number of hydrogen-bond donors (Lipinski definition) is 0. The summed E-state index contributed by atoms with van der Waals surface area (Å²) in [6.07, 6.45) is 1.48. The fraction of sp³-hybridized carbons (Fsp3) is 0.857. The van der Waals surface area contributed by atoms with Crippen molar-refractivity contribution in [3.05, 3.63) is 0 Å². The third-order valence-corrected chi connectivity index (χ3v) is 1.91. The molecule has 72 valence electrons. The van der Waals surface area contributed by atoms with Crippen LogP contribution in [0.4, 0.5) is 4.48 Å². The molecule has 1 fully saturated rings. The van der Waals surface area contributed by atoms with Gasteiger partial charge in [-0.05, 0) is 12.8 Å². The Bertz CT molecular complexity index is 156. The molecule has 1 aliphatic rings. The highest BCUT2D eigenvalue weighted by atomic mass is 35.5. The van der Waals surface area contributed by atoms with Crippen molar-refractivity contribution in [2.24, 2.45) is 5.92 Å². The van der Waals surface area contributed by atoms with Crippen LogP contribution in [0, 0.1) is 5.92 Å². The zero-order valence-corrected chi connectivity index (χ0v) is 7.77. The fourth-order valence-corrected chi connectivity index (χ4v) is 1.29. The minimum Gasteiger partial charge on any atom is -0.469 e. The first-order valence-corrected chi connectivity index (χ1v) is 3.72. The van der Waals surface area contributed by atoms with Crippen LogP contribution < -0.4 is 0 Å². The van der Waals surface area contributed by atoms with Gasteiger partial charge in [0, 0.05) is 13.1 Å². The van der Waals surface area contributed by atoms with E-state index in [2.05, 4.69) is 4.74 Å². The third-order valence-electron chi connectivity index (χ3n) is 1.91.